The molecule has 0 N–H and O–H groups in total. The minimum atomic E-state index is -5.01. The van der Waals surface area contributed by atoms with E-state index in [0.29, 0.717) is 23.3 Å². The van der Waals surface area contributed by atoms with E-state index in [9.17, 15) is 34.8 Å². The third-order valence-corrected chi connectivity index (χ3v) is 7.44. The Bertz CT molecular complexity index is 1150. The molecule has 11 heteroatoms. The highest BCUT2D eigenvalue weighted by atomic mass is 32.2. The van der Waals surface area contributed by atoms with Crippen molar-refractivity contribution in [2.24, 2.45) is 0 Å². The molecule has 0 aliphatic rings. The minimum absolute atomic E-state index is 0.0103. The van der Waals surface area contributed by atoms with Crippen LogP contribution in [0.4, 0.5) is 26.3 Å². The number of alkyl halides is 6. The third-order valence-electron chi connectivity index (χ3n) is 5.99. The van der Waals surface area contributed by atoms with Crippen LogP contribution in [0.25, 0.3) is 0 Å². The molecule has 38 heavy (non-hydrogen) atoms. The van der Waals surface area contributed by atoms with Gasteiger partial charge in [-0.3, -0.25) is 4.18 Å². The number of hydrogen-bond acceptors (Lipinski definition) is 4. The summed E-state index contributed by atoms with van der Waals surface area (Å²) in [5, 5.41) is 0. The molecule has 4 nitrogen and oxygen atoms in total. The van der Waals surface area contributed by atoms with Crippen LogP contribution in [0.2, 0.25) is 0 Å². The molecule has 0 aromatic heterocycles. The molecule has 0 spiro atoms. The van der Waals surface area contributed by atoms with Gasteiger partial charge in [0.15, 0.2) is 0 Å². The van der Waals surface area contributed by atoms with Gasteiger partial charge in [0.2, 0.25) is 0 Å². The monoisotopic (exact) mass is 568 g/mol. The SMILES string of the molecule is CC(CCOS(=O)(=O)c1c(C(C)C)cc(C(C)C)cc1C(C)C)Oc1cc(C(F)(F)F)cc(C(F)(F)F)c1. The van der Waals surface area contributed by atoms with Crippen LogP contribution >= 0.6 is 0 Å². The Morgan fingerprint density at radius 2 is 1.16 bits per heavy atom. The Morgan fingerprint density at radius 1 is 0.711 bits per heavy atom. The van der Waals surface area contributed by atoms with Crippen molar-refractivity contribution in [1.82, 2.24) is 0 Å². The molecule has 0 heterocycles. The average molecular weight is 569 g/mol. The molecule has 0 amide bonds. The van der Waals surface area contributed by atoms with E-state index >= 15 is 0 Å². The molecular weight excluding hydrogens is 534 g/mol. The first-order valence-electron chi connectivity index (χ1n) is 12.3. The van der Waals surface area contributed by atoms with Crippen LogP contribution < -0.4 is 4.74 Å². The first-order valence-corrected chi connectivity index (χ1v) is 13.7. The third kappa shape index (κ3) is 8.11. The fourth-order valence-corrected chi connectivity index (χ4v) is 5.45. The Morgan fingerprint density at radius 3 is 1.53 bits per heavy atom. The largest absolute Gasteiger partial charge is 0.491 e. The van der Waals surface area contributed by atoms with Crippen molar-refractivity contribution < 1.29 is 43.7 Å². The quantitative estimate of drug-likeness (QED) is 0.213. The lowest BCUT2D eigenvalue weighted by Crippen LogP contribution is -2.20. The van der Waals surface area contributed by atoms with Crippen molar-refractivity contribution in [3.8, 4) is 5.75 Å². The fourth-order valence-electron chi connectivity index (χ4n) is 3.85. The summed E-state index contributed by atoms with van der Waals surface area (Å²) in [4.78, 5) is 0.0909. The van der Waals surface area contributed by atoms with Crippen LogP contribution in [0.1, 0.15) is 100 Å². The first-order chi connectivity index (χ1) is 17.2. The lowest BCUT2D eigenvalue weighted by molar-refractivity contribution is -0.143. The molecule has 0 fully saturated rings. The van der Waals surface area contributed by atoms with Gasteiger partial charge in [-0.15, -0.1) is 0 Å². The van der Waals surface area contributed by atoms with Crippen LogP contribution in [0, 0.1) is 0 Å². The zero-order valence-corrected chi connectivity index (χ0v) is 23.2. The Labute approximate surface area is 220 Å². The molecular formula is C27H34F6O4S. The predicted octanol–water partition coefficient (Wildman–Crippen LogP) is 8.66. The van der Waals surface area contributed by atoms with Crippen LogP contribution in [-0.2, 0) is 26.7 Å². The summed E-state index contributed by atoms with van der Waals surface area (Å²) < 4.78 is 116. The molecule has 1 atom stereocenters. The number of halogens is 6. The van der Waals surface area contributed by atoms with E-state index in [1.165, 1.54) is 6.92 Å². The second-order valence-electron chi connectivity index (χ2n) is 10.2. The maximum atomic E-state index is 13.3. The van der Waals surface area contributed by atoms with Gasteiger partial charge >= 0.3 is 12.4 Å². The topological polar surface area (TPSA) is 52.6 Å². The average Bonchev–Trinajstić information content (AvgIpc) is 2.76. The summed E-state index contributed by atoms with van der Waals surface area (Å²) in [6.45, 7) is 12.6. The van der Waals surface area contributed by atoms with Gasteiger partial charge in [0.25, 0.3) is 10.1 Å². The van der Waals surface area contributed by atoms with Gasteiger partial charge < -0.3 is 4.74 Å². The summed E-state index contributed by atoms with van der Waals surface area (Å²) in [6.07, 6.45) is -11.1. The van der Waals surface area contributed by atoms with E-state index in [0.717, 1.165) is 5.56 Å². The zero-order chi connectivity index (χ0) is 29.2. The Kier molecular flexibility index (Phi) is 9.97. The molecule has 214 valence electrons. The molecule has 1 unspecified atom stereocenters. The van der Waals surface area contributed by atoms with Crippen LogP contribution in [0.3, 0.4) is 0 Å². The molecule has 2 aromatic carbocycles. The Hall–Kier alpha value is -2.27. The van der Waals surface area contributed by atoms with E-state index in [1.54, 1.807) is 0 Å². The molecule has 0 saturated carbocycles. The minimum Gasteiger partial charge on any atom is -0.491 e. The summed E-state index contributed by atoms with van der Waals surface area (Å²) in [7, 11) is -4.23. The Balaban J connectivity index is 2.27. The van der Waals surface area contributed by atoms with E-state index < -0.39 is 45.5 Å². The van der Waals surface area contributed by atoms with Crippen molar-refractivity contribution in [2.45, 2.75) is 96.0 Å². The van der Waals surface area contributed by atoms with Gasteiger partial charge in [0, 0.05) is 6.42 Å². The van der Waals surface area contributed by atoms with E-state index in [-0.39, 0.29) is 41.7 Å². The summed E-state index contributed by atoms with van der Waals surface area (Å²) in [5.74, 6) is -0.693. The maximum Gasteiger partial charge on any atom is 0.416 e. The fraction of sp³-hybridized carbons (Fsp3) is 0.556. The summed E-state index contributed by atoms with van der Waals surface area (Å²) in [5.41, 5.74) is -0.764. The van der Waals surface area contributed by atoms with Crippen LogP contribution in [0.5, 0.6) is 5.75 Å². The van der Waals surface area contributed by atoms with E-state index in [2.05, 4.69) is 0 Å². The number of benzene rings is 2. The van der Waals surface area contributed by atoms with Crippen molar-refractivity contribution in [3.63, 3.8) is 0 Å². The smallest absolute Gasteiger partial charge is 0.416 e. The lowest BCUT2D eigenvalue weighted by Gasteiger charge is -2.23. The molecule has 2 rings (SSSR count). The first kappa shape index (κ1) is 31.9. The highest BCUT2D eigenvalue weighted by Gasteiger charge is 2.37. The molecule has 0 radical (unpaired) electrons. The summed E-state index contributed by atoms with van der Waals surface area (Å²) >= 11 is 0. The highest BCUT2D eigenvalue weighted by Crippen LogP contribution is 2.39. The van der Waals surface area contributed by atoms with Gasteiger partial charge in [0.1, 0.15) is 10.6 Å². The van der Waals surface area contributed by atoms with E-state index in [1.807, 2.05) is 53.7 Å². The number of rotatable bonds is 10. The van der Waals surface area contributed by atoms with Crippen molar-refractivity contribution in [1.29, 1.82) is 0 Å². The zero-order valence-electron chi connectivity index (χ0n) is 22.4. The highest BCUT2D eigenvalue weighted by molar-refractivity contribution is 7.86. The lowest BCUT2D eigenvalue weighted by atomic mass is 9.89. The number of hydrogen-bond donors (Lipinski definition) is 0. The normalized spacial score (nSPS) is 14.0. The van der Waals surface area contributed by atoms with Crippen LogP contribution in [-0.4, -0.2) is 21.1 Å². The standard InChI is InChI=1S/C27H34F6O4S/c1-15(2)19-10-23(16(3)4)25(24(11-19)17(5)6)38(34,35)36-9-8-18(7)37-22-13-20(26(28,29)30)12-21(14-22)27(31,32)33/h10-18H,8-9H2,1-7H3. The van der Waals surface area contributed by atoms with Gasteiger partial charge in [-0.1, -0.05) is 53.7 Å². The molecule has 0 aliphatic heterocycles. The predicted molar refractivity (Wildman–Crippen MR) is 133 cm³/mol. The molecule has 0 bridgehead atoms. The maximum absolute atomic E-state index is 13.3. The van der Waals surface area contributed by atoms with Crippen molar-refractivity contribution in [3.05, 3.63) is 58.1 Å². The van der Waals surface area contributed by atoms with E-state index in [4.69, 9.17) is 8.92 Å². The van der Waals surface area contributed by atoms with Gasteiger partial charge in [-0.2, -0.15) is 34.8 Å². The van der Waals surface area contributed by atoms with Gasteiger partial charge in [0.05, 0.1) is 23.8 Å². The molecule has 2 aromatic rings. The second kappa shape index (κ2) is 11.9. The van der Waals surface area contributed by atoms with Crippen LogP contribution in [0.15, 0.2) is 35.2 Å². The number of ether oxygens (including phenoxy) is 1. The van der Waals surface area contributed by atoms with Crippen molar-refractivity contribution >= 4 is 10.1 Å². The molecule has 0 saturated heterocycles. The molecule has 0 aliphatic carbocycles. The second-order valence-corrected chi connectivity index (χ2v) is 11.8. The van der Waals surface area contributed by atoms with Crippen molar-refractivity contribution in [2.75, 3.05) is 6.61 Å². The van der Waals surface area contributed by atoms with Gasteiger partial charge in [-0.25, -0.2) is 0 Å². The van der Waals surface area contributed by atoms with Gasteiger partial charge in [-0.05, 0) is 59.6 Å². The summed E-state index contributed by atoms with van der Waals surface area (Å²) in [6, 6.07) is 4.67.